The molecule has 5 unspecified atom stereocenters. The van der Waals surface area contributed by atoms with Crippen molar-refractivity contribution in [1.82, 2.24) is 30.4 Å². The van der Waals surface area contributed by atoms with E-state index in [1.807, 2.05) is 18.7 Å². The Bertz CT molecular complexity index is 2660. The molecule has 1 aromatic heterocycles. The van der Waals surface area contributed by atoms with Crippen molar-refractivity contribution < 1.29 is 23.9 Å². The van der Waals surface area contributed by atoms with Crippen LogP contribution in [0.25, 0.3) is 38.9 Å². The van der Waals surface area contributed by atoms with E-state index >= 15 is 0 Å². The topological polar surface area (TPSA) is 141 Å². The summed E-state index contributed by atoms with van der Waals surface area (Å²) in [4.78, 5) is 57.6. The molecule has 3 heterocycles. The normalized spacial score (nSPS) is 27.6. The number of carbonyl (C=O) groups excluding carboxylic acids is 3. The number of aliphatic imine (C=N–C) groups is 1. The first-order chi connectivity index (χ1) is 33.2. The Morgan fingerprint density at radius 3 is 2.00 bits per heavy atom. The van der Waals surface area contributed by atoms with E-state index in [9.17, 15) is 14.4 Å². The van der Waals surface area contributed by atoms with Gasteiger partial charge in [0, 0.05) is 36.1 Å². The Kier molecular flexibility index (Phi) is 13.0. The van der Waals surface area contributed by atoms with Gasteiger partial charge in [0.2, 0.25) is 5.91 Å². The van der Waals surface area contributed by atoms with Crippen LogP contribution in [0.5, 0.6) is 0 Å². The maximum absolute atomic E-state index is 14.2. The lowest BCUT2D eigenvalue weighted by Gasteiger charge is -2.43. The van der Waals surface area contributed by atoms with Crippen LogP contribution in [0.2, 0.25) is 0 Å². The Labute approximate surface area is 408 Å². The van der Waals surface area contributed by atoms with Gasteiger partial charge in [-0.3, -0.25) is 14.7 Å². The fourth-order valence-electron chi connectivity index (χ4n) is 14.2. The zero-order valence-electron chi connectivity index (χ0n) is 42.2. The molecule has 0 spiro atoms. The van der Waals surface area contributed by atoms with Crippen molar-refractivity contribution in [1.29, 1.82) is 0 Å². The number of carbonyl (C=O) groups is 3. The predicted molar refractivity (Wildman–Crippen MR) is 273 cm³/mol. The number of aromatic amines is 1. The molecule has 2 saturated heterocycles. The number of allylic oxidation sites excluding steroid dienone is 1. The van der Waals surface area contributed by atoms with Crippen molar-refractivity contribution in [3.05, 3.63) is 83.3 Å². The molecule has 0 radical (unpaired) electrons. The highest BCUT2D eigenvalue weighted by atomic mass is 16.5. The lowest BCUT2D eigenvalue weighted by Crippen LogP contribution is -2.58. The number of nitrogens with one attached hydrogen (secondary N) is 3. The van der Waals surface area contributed by atoms with Gasteiger partial charge >= 0.3 is 12.2 Å². The second-order valence-corrected chi connectivity index (χ2v) is 22.1. The van der Waals surface area contributed by atoms with Crippen LogP contribution in [0.4, 0.5) is 9.59 Å². The summed E-state index contributed by atoms with van der Waals surface area (Å²) in [5, 5.41) is 5.95. The highest BCUT2D eigenvalue weighted by Crippen LogP contribution is 2.56. The van der Waals surface area contributed by atoms with Crippen LogP contribution < -0.4 is 10.6 Å². The zero-order valence-corrected chi connectivity index (χ0v) is 42.2. The van der Waals surface area contributed by atoms with Gasteiger partial charge in [-0.1, -0.05) is 70.2 Å². The number of ether oxygens (including phenoxy) is 2. The van der Waals surface area contributed by atoms with E-state index < -0.39 is 12.1 Å². The fraction of sp³-hybridized carbons (Fsp3) is 0.561. The minimum absolute atomic E-state index is 0.0200. The summed E-state index contributed by atoms with van der Waals surface area (Å²) in [6.07, 6.45) is 12.6. The fourth-order valence-corrected chi connectivity index (χ4v) is 14.2. The summed E-state index contributed by atoms with van der Waals surface area (Å²) in [7, 11) is 2.77. The first kappa shape index (κ1) is 47.2. The van der Waals surface area contributed by atoms with Gasteiger partial charge in [-0.25, -0.2) is 14.6 Å². The van der Waals surface area contributed by atoms with E-state index in [1.54, 1.807) is 0 Å². The van der Waals surface area contributed by atoms with Gasteiger partial charge in [0.25, 0.3) is 0 Å². The van der Waals surface area contributed by atoms with Crippen molar-refractivity contribution in [2.24, 2.45) is 28.7 Å². The number of fused-ring (bicyclic) bond motifs is 7. The number of hydrogen-bond acceptors (Lipinski definition) is 8. The third-order valence-corrected chi connectivity index (χ3v) is 17.5. The minimum atomic E-state index is -0.671. The summed E-state index contributed by atoms with van der Waals surface area (Å²) >= 11 is 0. The van der Waals surface area contributed by atoms with Crippen molar-refractivity contribution in [3.8, 4) is 22.3 Å². The molecule has 69 heavy (non-hydrogen) atoms. The van der Waals surface area contributed by atoms with Gasteiger partial charge < -0.3 is 30.0 Å². The smallest absolute Gasteiger partial charge is 0.407 e. The van der Waals surface area contributed by atoms with Crippen LogP contribution >= 0.6 is 0 Å². The second-order valence-electron chi connectivity index (χ2n) is 22.1. The van der Waals surface area contributed by atoms with Gasteiger partial charge in [-0.05, 0) is 177 Å². The maximum Gasteiger partial charge on any atom is 0.407 e. The number of methoxy groups -OCH3 is 2. The molecule has 7 aliphatic rings. The molecule has 5 aliphatic carbocycles. The van der Waals surface area contributed by atoms with Crippen LogP contribution in [0.3, 0.4) is 0 Å². The molecule has 12 nitrogen and oxygen atoms in total. The molecule has 5 fully saturated rings. The van der Waals surface area contributed by atoms with Gasteiger partial charge in [0.1, 0.15) is 11.9 Å². The molecule has 11 rings (SSSR count). The second kappa shape index (κ2) is 19.0. The molecule has 3 amide bonds. The molecule has 3 saturated carbocycles. The number of aromatic nitrogens is 2. The summed E-state index contributed by atoms with van der Waals surface area (Å²) < 4.78 is 9.91. The number of piperidine rings is 2. The standard InChI is InChI=1S/C57H73N7O5/c1-30(2)50(61-56(66)68-8)34(7)63-42-21-18-40(26-42)52(63)33(6)58-29-32(5)35-10-12-36(13-11-35)44-23-24-45(49-38-16-14-37(15-17-38)48(44)49)39-20-25-46-47(28-39)60-54(59-46)53-41-19-22-43(27-41)64(53)55(65)51(31(3)4)62-57(67)69-9/h10-13,20,23-25,28-31,34,37-38,40-43,50-53H,14-19,21-22,26-27H2,1-9H3,(H,59,60)(H,61,66)(H,62,67)/b32-29+,58-33?/t34?,37?,38?,40?,41?,42?,43?,50-,51-,52+,53-/m0/s1. The van der Waals surface area contributed by atoms with Crippen LogP contribution in [-0.4, -0.2) is 94.0 Å². The number of benzene rings is 3. The van der Waals surface area contributed by atoms with Gasteiger partial charge in [-0.2, -0.15) is 0 Å². The van der Waals surface area contributed by atoms with Gasteiger partial charge in [0.05, 0.1) is 37.3 Å². The number of imidazole rings is 1. The Hall–Kier alpha value is -5.49. The first-order valence-corrected chi connectivity index (χ1v) is 26.0. The van der Waals surface area contributed by atoms with Crippen LogP contribution in [0.1, 0.15) is 153 Å². The van der Waals surface area contributed by atoms with E-state index in [0.29, 0.717) is 29.7 Å². The van der Waals surface area contributed by atoms with Crippen LogP contribution in [0.15, 0.2) is 65.8 Å². The van der Waals surface area contributed by atoms with Crippen molar-refractivity contribution in [2.75, 3.05) is 14.2 Å². The number of nitrogens with zero attached hydrogens (tertiary/aromatic N) is 4. The number of alkyl carbamates (subject to hydrolysis) is 2. The van der Waals surface area contributed by atoms with Gasteiger partial charge in [0.15, 0.2) is 0 Å². The summed E-state index contributed by atoms with van der Waals surface area (Å²) in [6, 6.07) is 20.7. The molecule has 9 atom stereocenters. The Balaban J connectivity index is 0.900. The lowest BCUT2D eigenvalue weighted by atomic mass is 9.63. The van der Waals surface area contributed by atoms with E-state index in [1.165, 1.54) is 98.1 Å². The molecule has 3 N–H and O–H groups in total. The highest BCUT2D eigenvalue weighted by Gasteiger charge is 2.52. The molecule has 3 aromatic carbocycles. The molecule has 366 valence electrons. The van der Waals surface area contributed by atoms with Crippen molar-refractivity contribution >= 4 is 40.4 Å². The predicted octanol–water partition coefficient (Wildman–Crippen LogP) is 11.5. The number of hydrogen-bond donors (Lipinski definition) is 3. The summed E-state index contributed by atoms with van der Waals surface area (Å²) in [5.74, 6) is 2.94. The van der Waals surface area contributed by atoms with Crippen LogP contribution in [0, 0.1) is 23.7 Å². The van der Waals surface area contributed by atoms with Crippen molar-refractivity contribution in [2.45, 2.75) is 167 Å². The Morgan fingerprint density at radius 1 is 0.739 bits per heavy atom. The quantitative estimate of drug-likeness (QED) is 0.113. The van der Waals surface area contributed by atoms with Gasteiger partial charge in [-0.15, -0.1) is 0 Å². The molecular weight excluding hydrogens is 863 g/mol. The average molecular weight is 936 g/mol. The van der Waals surface area contributed by atoms with Crippen LogP contribution in [-0.2, 0) is 14.3 Å². The third kappa shape index (κ3) is 8.56. The van der Waals surface area contributed by atoms with E-state index in [2.05, 4.69) is 116 Å². The molecule has 12 heteroatoms. The zero-order chi connectivity index (χ0) is 48.4. The number of rotatable bonds is 13. The summed E-state index contributed by atoms with van der Waals surface area (Å²) in [6.45, 7) is 14.9. The summed E-state index contributed by atoms with van der Waals surface area (Å²) in [5.41, 5.74) is 13.5. The molecule has 2 aliphatic heterocycles. The lowest BCUT2D eigenvalue weighted by molar-refractivity contribution is -0.139. The van der Waals surface area contributed by atoms with E-state index in [-0.39, 0.29) is 54.0 Å². The minimum Gasteiger partial charge on any atom is -0.453 e. The molecule has 4 aromatic rings. The third-order valence-electron chi connectivity index (χ3n) is 17.5. The average Bonchev–Trinajstić information content (AvgIpc) is 4.23. The van der Waals surface area contributed by atoms with E-state index in [4.69, 9.17) is 19.5 Å². The Morgan fingerprint density at radius 2 is 1.35 bits per heavy atom. The molecular formula is C57H73N7O5. The van der Waals surface area contributed by atoms with Crippen molar-refractivity contribution in [3.63, 3.8) is 0 Å². The first-order valence-electron chi connectivity index (χ1n) is 26.0. The molecule has 6 bridgehead atoms. The SMILES string of the molecule is COC(=O)N[C@@H](C(C)C)C(C)N1C2CCC(C2)[C@H]1C(C)=N/C=C(\C)c1ccc(-c2ccc(-c3ccc4nc([C@@H]5C6CCC(C6)N5C(=O)[C@@H](NC(=O)OC)C(C)C)[nH]c4c3)c3c2C2CCC3CC2)cc1. The largest absolute Gasteiger partial charge is 0.453 e. The maximum atomic E-state index is 14.2. The number of amides is 3. The number of H-pyrrole nitrogens is 1. The number of likely N-dealkylation sites (tertiary alicyclic amines) is 2. The van der Waals surface area contributed by atoms with E-state index in [0.717, 1.165) is 47.4 Å². The highest BCUT2D eigenvalue weighted by molar-refractivity contribution is 5.90. The monoisotopic (exact) mass is 936 g/mol.